The average molecular weight is 463 g/mol. The lowest BCUT2D eigenvalue weighted by Crippen LogP contribution is -2.47. The first-order chi connectivity index (χ1) is 14.5. The predicted molar refractivity (Wildman–Crippen MR) is 126 cm³/mol. The molecule has 3 aromatic rings. The van der Waals surface area contributed by atoms with Crippen molar-refractivity contribution in [3.05, 3.63) is 106 Å². The Morgan fingerprint density at radius 1 is 0.967 bits per heavy atom. The lowest BCUT2D eigenvalue weighted by molar-refractivity contribution is -0.547. The minimum Gasteiger partial charge on any atom is -0.620 e. The van der Waals surface area contributed by atoms with E-state index >= 15 is 0 Å². The summed E-state index contributed by atoms with van der Waals surface area (Å²) in [6, 6.07) is 27.5. The molecular weight excluding hydrogens is 440 g/mol. The highest BCUT2D eigenvalue weighted by Gasteiger charge is 2.54. The fraction of sp³-hybridized carbons (Fsp3) is 0.167. The van der Waals surface area contributed by atoms with Crippen molar-refractivity contribution in [1.29, 1.82) is 0 Å². The molecule has 1 unspecified atom stereocenters. The lowest BCUT2D eigenvalue weighted by Gasteiger charge is -2.33. The van der Waals surface area contributed by atoms with Crippen molar-refractivity contribution in [2.75, 3.05) is 25.5 Å². The number of aliphatic imine (C=N–C) groups is 1. The van der Waals surface area contributed by atoms with Gasteiger partial charge in [0.15, 0.2) is 0 Å². The molecule has 0 fully saturated rings. The zero-order valence-corrected chi connectivity index (χ0v) is 18.5. The van der Waals surface area contributed by atoms with Gasteiger partial charge in [-0.25, -0.2) is 0 Å². The number of hydroxylamine groups is 1. The Labute approximate surface area is 185 Å². The van der Waals surface area contributed by atoms with Crippen LogP contribution in [0.4, 0.5) is 5.69 Å². The summed E-state index contributed by atoms with van der Waals surface area (Å²) in [4.78, 5) is 8.77. The molecule has 30 heavy (non-hydrogen) atoms. The SMILES string of the molecule is CN(C)/C=N\C1(c2ccccc2)N(c2ccc(Br)cc2)CC(c2ccccc2)=[N+]1[O-]. The van der Waals surface area contributed by atoms with Crippen LogP contribution in [0.15, 0.2) is 94.4 Å². The van der Waals surface area contributed by atoms with Crippen LogP contribution < -0.4 is 4.90 Å². The van der Waals surface area contributed by atoms with Gasteiger partial charge < -0.3 is 10.1 Å². The van der Waals surface area contributed by atoms with Crippen molar-refractivity contribution in [3.63, 3.8) is 0 Å². The van der Waals surface area contributed by atoms with Crippen molar-refractivity contribution >= 4 is 33.7 Å². The topological polar surface area (TPSA) is 44.9 Å². The van der Waals surface area contributed by atoms with Crippen molar-refractivity contribution in [1.82, 2.24) is 4.90 Å². The van der Waals surface area contributed by atoms with Crippen LogP contribution in [-0.2, 0) is 5.79 Å². The van der Waals surface area contributed by atoms with E-state index in [1.807, 2.05) is 104 Å². The van der Waals surface area contributed by atoms with Crippen LogP contribution in [0.1, 0.15) is 11.1 Å². The molecule has 0 aromatic heterocycles. The van der Waals surface area contributed by atoms with Gasteiger partial charge in [-0.15, -0.1) is 0 Å². The Morgan fingerprint density at radius 2 is 1.57 bits per heavy atom. The molecule has 0 aliphatic carbocycles. The van der Waals surface area contributed by atoms with Crippen LogP contribution in [0, 0.1) is 5.21 Å². The molecule has 1 heterocycles. The van der Waals surface area contributed by atoms with Gasteiger partial charge in [-0.1, -0.05) is 52.3 Å². The molecule has 0 spiro atoms. The molecule has 6 heteroatoms. The van der Waals surface area contributed by atoms with Crippen molar-refractivity contribution in [2.45, 2.75) is 5.79 Å². The van der Waals surface area contributed by atoms with E-state index in [-0.39, 0.29) is 0 Å². The Balaban J connectivity index is 1.98. The molecule has 1 aliphatic heterocycles. The maximum absolute atomic E-state index is 14.0. The zero-order valence-electron chi connectivity index (χ0n) is 16.9. The standard InChI is InChI=1S/C24H23BrN4O/c1-27(2)18-26-24(20-11-7-4-8-12-20)28(22-15-13-21(25)14-16-22)17-23(29(24)30)19-9-5-3-6-10-19/h3-16,18H,17H2,1-2H3/b26-18-. The van der Waals surface area contributed by atoms with Crippen LogP contribution in [-0.4, -0.2) is 42.3 Å². The summed E-state index contributed by atoms with van der Waals surface area (Å²) in [5.41, 5.74) is 3.31. The third kappa shape index (κ3) is 3.59. The summed E-state index contributed by atoms with van der Waals surface area (Å²) in [7, 11) is 3.80. The molecule has 4 rings (SSSR count). The van der Waals surface area contributed by atoms with E-state index in [0.29, 0.717) is 12.3 Å². The number of hydrogen-bond acceptors (Lipinski definition) is 3. The number of nitrogens with zero attached hydrogens (tertiary/aromatic N) is 4. The van der Waals surface area contributed by atoms with Gasteiger partial charge in [0, 0.05) is 29.8 Å². The Morgan fingerprint density at radius 3 is 2.17 bits per heavy atom. The largest absolute Gasteiger partial charge is 0.620 e. The molecule has 0 saturated heterocycles. The Bertz CT molecular complexity index is 1070. The Kier molecular flexibility index (Phi) is 5.59. The highest BCUT2D eigenvalue weighted by molar-refractivity contribution is 9.10. The summed E-state index contributed by atoms with van der Waals surface area (Å²) in [6.45, 7) is 0.439. The second-order valence-electron chi connectivity index (χ2n) is 7.38. The fourth-order valence-electron chi connectivity index (χ4n) is 3.68. The average Bonchev–Trinajstić information content (AvgIpc) is 3.07. The van der Waals surface area contributed by atoms with Crippen LogP contribution >= 0.6 is 15.9 Å². The molecule has 0 radical (unpaired) electrons. The normalized spacial score (nSPS) is 19.0. The van der Waals surface area contributed by atoms with Gasteiger partial charge in [0.05, 0.1) is 11.9 Å². The zero-order chi connectivity index (χ0) is 21.1. The van der Waals surface area contributed by atoms with Gasteiger partial charge >= 0.3 is 5.79 Å². The van der Waals surface area contributed by atoms with Gasteiger partial charge in [0.25, 0.3) is 0 Å². The van der Waals surface area contributed by atoms with E-state index < -0.39 is 5.79 Å². The summed E-state index contributed by atoms with van der Waals surface area (Å²) >= 11 is 3.51. The van der Waals surface area contributed by atoms with Gasteiger partial charge in [-0.2, -0.15) is 9.73 Å². The molecule has 0 amide bonds. The molecule has 3 aromatic carbocycles. The van der Waals surface area contributed by atoms with Gasteiger partial charge in [0.2, 0.25) is 5.71 Å². The number of hydrogen-bond donors (Lipinski definition) is 0. The fourth-order valence-corrected chi connectivity index (χ4v) is 3.95. The van der Waals surface area contributed by atoms with Gasteiger partial charge in [-0.05, 0) is 48.5 Å². The maximum Gasteiger partial charge on any atom is 0.378 e. The third-order valence-electron chi connectivity index (χ3n) is 5.09. The number of anilines is 1. The molecule has 0 bridgehead atoms. The molecule has 0 saturated carbocycles. The molecule has 5 nitrogen and oxygen atoms in total. The maximum atomic E-state index is 14.0. The molecule has 1 aliphatic rings. The first-order valence-electron chi connectivity index (χ1n) is 9.71. The van der Waals surface area contributed by atoms with Gasteiger partial charge in [-0.3, -0.25) is 4.90 Å². The second kappa shape index (κ2) is 8.32. The summed E-state index contributed by atoms with van der Waals surface area (Å²) in [6.07, 6.45) is 1.71. The second-order valence-corrected chi connectivity index (χ2v) is 8.29. The quantitative estimate of drug-likeness (QED) is 0.239. The minimum absolute atomic E-state index is 0.439. The monoisotopic (exact) mass is 462 g/mol. The van der Waals surface area contributed by atoms with Crippen LogP contribution in [0.25, 0.3) is 0 Å². The van der Waals surface area contributed by atoms with E-state index in [1.165, 1.54) is 0 Å². The van der Waals surface area contributed by atoms with E-state index in [4.69, 9.17) is 4.99 Å². The van der Waals surface area contributed by atoms with Crippen LogP contribution in [0.2, 0.25) is 0 Å². The van der Waals surface area contributed by atoms with E-state index in [2.05, 4.69) is 20.8 Å². The predicted octanol–water partition coefficient (Wildman–Crippen LogP) is 4.67. The molecule has 0 N–H and O–H groups in total. The van der Waals surface area contributed by atoms with Crippen LogP contribution in [0.3, 0.4) is 0 Å². The molecule has 1 atom stereocenters. The summed E-state index contributed by atoms with van der Waals surface area (Å²) in [5.74, 6) is -1.25. The molecular formula is C24H23BrN4O. The lowest BCUT2D eigenvalue weighted by atomic mass is 10.1. The smallest absolute Gasteiger partial charge is 0.378 e. The van der Waals surface area contributed by atoms with E-state index in [0.717, 1.165) is 26.0 Å². The van der Waals surface area contributed by atoms with E-state index in [9.17, 15) is 5.21 Å². The summed E-state index contributed by atoms with van der Waals surface area (Å²) < 4.78 is 2.04. The van der Waals surface area contributed by atoms with Crippen LogP contribution in [0.5, 0.6) is 0 Å². The van der Waals surface area contributed by atoms with E-state index in [1.54, 1.807) is 6.34 Å². The minimum atomic E-state index is -1.25. The third-order valence-corrected chi connectivity index (χ3v) is 5.62. The first kappa shape index (κ1) is 20.2. The van der Waals surface area contributed by atoms with Gasteiger partial charge in [0.1, 0.15) is 6.54 Å². The first-order valence-corrected chi connectivity index (χ1v) is 10.5. The van der Waals surface area contributed by atoms with Crippen molar-refractivity contribution < 1.29 is 4.74 Å². The summed E-state index contributed by atoms with van der Waals surface area (Å²) in [5, 5.41) is 14.0. The highest BCUT2D eigenvalue weighted by atomic mass is 79.9. The highest BCUT2D eigenvalue weighted by Crippen LogP contribution is 2.40. The Hall–Kier alpha value is -3.12. The van der Waals surface area contributed by atoms with Crippen molar-refractivity contribution in [3.8, 4) is 0 Å². The number of benzene rings is 3. The number of halogens is 1. The molecule has 152 valence electrons. The van der Waals surface area contributed by atoms with Crippen molar-refractivity contribution in [2.24, 2.45) is 4.99 Å². The number of rotatable bonds is 5.